The number of primary amides is 1. The maximum Gasteiger partial charge on any atom is 0.416 e. The molecule has 0 spiro atoms. The van der Waals surface area contributed by atoms with Gasteiger partial charge >= 0.3 is 6.18 Å². The number of hydrogen-bond acceptors (Lipinski definition) is 5. The van der Waals surface area contributed by atoms with Crippen molar-refractivity contribution in [3.63, 3.8) is 0 Å². The van der Waals surface area contributed by atoms with E-state index >= 15 is 0 Å². The molecule has 1 aromatic rings. The van der Waals surface area contributed by atoms with Crippen molar-refractivity contribution in [2.75, 3.05) is 19.7 Å². The number of ether oxygens (including phenoxy) is 1. The van der Waals surface area contributed by atoms with Gasteiger partial charge in [0, 0.05) is 19.0 Å². The van der Waals surface area contributed by atoms with Gasteiger partial charge in [-0.05, 0) is 54.4 Å². The Morgan fingerprint density at radius 3 is 2.47 bits per heavy atom. The molecule has 0 bridgehead atoms. The van der Waals surface area contributed by atoms with Crippen LogP contribution < -0.4 is 21.1 Å². The van der Waals surface area contributed by atoms with Crippen LogP contribution >= 0.6 is 0 Å². The highest BCUT2D eigenvalue weighted by atomic mass is 19.4. The van der Waals surface area contributed by atoms with Crippen LogP contribution in [0.2, 0.25) is 0 Å². The van der Waals surface area contributed by atoms with Crippen molar-refractivity contribution >= 4 is 23.6 Å². The second-order valence-corrected chi connectivity index (χ2v) is 10.2. The molecule has 1 aliphatic carbocycles. The molecule has 12 heteroatoms. The molecule has 2 aliphatic heterocycles. The lowest BCUT2D eigenvalue weighted by molar-refractivity contribution is -0.142. The van der Waals surface area contributed by atoms with Crippen molar-refractivity contribution in [2.24, 2.45) is 28.9 Å². The van der Waals surface area contributed by atoms with Gasteiger partial charge in [-0.15, -0.1) is 0 Å². The maximum absolute atomic E-state index is 13.3. The van der Waals surface area contributed by atoms with Gasteiger partial charge in [-0.3, -0.25) is 19.2 Å². The van der Waals surface area contributed by atoms with E-state index in [9.17, 15) is 32.3 Å². The number of fused-ring (bicyclic) bond motifs is 1. The monoisotopic (exact) mass is 510 g/mol. The summed E-state index contributed by atoms with van der Waals surface area (Å²) in [5, 5.41) is 5.33. The van der Waals surface area contributed by atoms with Gasteiger partial charge in [0.1, 0.15) is 17.8 Å². The van der Waals surface area contributed by atoms with Crippen LogP contribution in [0.5, 0.6) is 5.75 Å². The molecule has 1 saturated carbocycles. The third-order valence-corrected chi connectivity index (χ3v) is 7.68. The van der Waals surface area contributed by atoms with E-state index in [0.717, 1.165) is 24.3 Å². The second-order valence-electron chi connectivity index (χ2n) is 10.2. The zero-order valence-corrected chi connectivity index (χ0v) is 19.9. The van der Waals surface area contributed by atoms with Crippen LogP contribution in [-0.2, 0) is 25.4 Å². The van der Waals surface area contributed by atoms with Gasteiger partial charge in [-0.2, -0.15) is 13.2 Å². The molecule has 0 aromatic heterocycles. The average molecular weight is 511 g/mol. The summed E-state index contributed by atoms with van der Waals surface area (Å²) in [6.07, 6.45) is -3.88. The quantitative estimate of drug-likeness (QED) is 0.482. The first kappa shape index (κ1) is 25.8. The number of hydrogen-bond donors (Lipinski definition) is 3. The van der Waals surface area contributed by atoms with Gasteiger partial charge in [0.05, 0.1) is 5.56 Å². The Bertz CT molecular complexity index is 1060. The molecule has 0 radical (unpaired) electrons. The van der Waals surface area contributed by atoms with Crippen molar-refractivity contribution in [1.82, 2.24) is 15.5 Å². The molecule has 3 fully saturated rings. The van der Waals surface area contributed by atoms with Crippen molar-refractivity contribution in [3.05, 3.63) is 29.8 Å². The number of rotatable bonds is 8. The summed E-state index contributed by atoms with van der Waals surface area (Å²) in [6.45, 7) is 4.34. The Morgan fingerprint density at radius 2 is 1.92 bits per heavy atom. The Balaban J connectivity index is 1.42. The molecular formula is C24H29F3N4O5. The lowest BCUT2D eigenvalue weighted by Gasteiger charge is -2.31. The predicted molar refractivity (Wildman–Crippen MR) is 120 cm³/mol. The fourth-order valence-electron chi connectivity index (χ4n) is 5.47. The number of carbonyl (C=O) groups excluding carboxylic acids is 4. The van der Waals surface area contributed by atoms with E-state index in [1.807, 2.05) is 13.8 Å². The Hall–Kier alpha value is -3.31. The number of nitrogens with one attached hydrogen (secondary N) is 2. The van der Waals surface area contributed by atoms with E-state index in [-0.39, 0.29) is 35.3 Å². The van der Waals surface area contributed by atoms with Gasteiger partial charge in [-0.1, -0.05) is 13.8 Å². The first-order chi connectivity index (χ1) is 16.8. The van der Waals surface area contributed by atoms with Gasteiger partial charge in [0.25, 0.3) is 5.91 Å². The summed E-state index contributed by atoms with van der Waals surface area (Å²) in [5.41, 5.74) is 4.48. The van der Waals surface area contributed by atoms with Crippen LogP contribution in [0.25, 0.3) is 0 Å². The molecule has 0 unspecified atom stereocenters. The normalized spacial score (nSPS) is 27.1. The molecule has 3 aliphatic rings. The van der Waals surface area contributed by atoms with E-state index in [4.69, 9.17) is 10.5 Å². The van der Waals surface area contributed by atoms with Crippen LogP contribution in [0, 0.1) is 23.2 Å². The minimum atomic E-state index is -4.48. The number of halogens is 3. The van der Waals surface area contributed by atoms with Gasteiger partial charge < -0.3 is 26.0 Å². The number of alkyl halides is 3. The molecule has 2 saturated heterocycles. The summed E-state index contributed by atoms with van der Waals surface area (Å²) < 4.78 is 43.6. The molecule has 4 N–H and O–H groups in total. The molecule has 4 rings (SSSR count). The summed E-state index contributed by atoms with van der Waals surface area (Å²) in [4.78, 5) is 51.6. The van der Waals surface area contributed by atoms with Crippen LogP contribution in [0.15, 0.2) is 24.3 Å². The lowest BCUT2D eigenvalue weighted by atomic mass is 9.96. The molecule has 5 atom stereocenters. The highest BCUT2D eigenvalue weighted by Crippen LogP contribution is 2.64. The highest BCUT2D eigenvalue weighted by molar-refractivity contribution is 5.93. The SMILES string of the molecule is CC1(C)[C@@H]2[C@@H](C(=O)N[C@@H](C[C@@H]3CCNC3=O)C(N)=O)N(C(=O)COc3ccc(C(F)(F)F)cc3)C[C@@H]21. The van der Waals surface area contributed by atoms with Crippen LogP contribution in [0.3, 0.4) is 0 Å². The van der Waals surface area contributed by atoms with Crippen molar-refractivity contribution in [2.45, 2.75) is 44.9 Å². The molecule has 36 heavy (non-hydrogen) atoms. The summed E-state index contributed by atoms with van der Waals surface area (Å²) in [6, 6.07) is 2.06. The first-order valence-corrected chi connectivity index (χ1v) is 11.8. The number of piperidine rings is 1. The zero-order chi connectivity index (χ0) is 26.4. The standard InChI is InChI=1S/C24H29F3N4O5/c1-23(2)15-10-31(17(32)11-36-14-5-3-13(4-6-14)24(25,26)27)19(18(15)23)22(35)30-16(20(28)33)9-12-7-8-29-21(12)34/h3-6,12,15-16,18-19H,7-11H2,1-2H3,(H2,28,33)(H,29,34)(H,30,35)/t12-,15-,16-,18-,19-/m0/s1. The Morgan fingerprint density at radius 1 is 1.25 bits per heavy atom. The Labute approximate surface area is 205 Å². The average Bonchev–Trinajstić information content (AvgIpc) is 3.16. The molecule has 4 amide bonds. The fraction of sp³-hybridized carbons (Fsp3) is 0.583. The third-order valence-electron chi connectivity index (χ3n) is 7.68. The van der Waals surface area contributed by atoms with Crippen LogP contribution in [0.4, 0.5) is 13.2 Å². The molecule has 196 valence electrons. The largest absolute Gasteiger partial charge is 0.484 e. The van der Waals surface area contributed by atoms with Crippen molar-refractivity contribution in [3.8, 4) is 5.75 Å². The summed E-state index contributed by atoms with van der Waals surface area (Å²) >= 11 is 0. The minimum Gasteiger partial charge on any atom is -0.484 e. The molecule has 1 aromatic carbocycles. The lowest BCUT2D eigenvalue weighted by Crippen LogP contribution is -2.55. The van der Waals surface area contributed by atoms with E-state index < -0.39 is 54.1 Å². The van der Waals surface area contributed by atoms with E-state index in [0.29, 0.717) is 19.5 Å². The number of likely N-dealkylation sites (tertiary alicyclic amines) is 1. The predicted octanol–water partition coefficient (Wildman–Crippen LogP) is 1.06. The number of nitrogens with two attached hydrogens (primary N) is 1. The van der Waals surface area contributed by atoms with Gasteiger partial charge in [0.15, 0.2) is 6.61 Å². The van der Waals surface area contributed by atoms with Crippen LogP contribution in [-0.4, -0.2) is 60.3 Å². The van der Waals surface area contributed by atoms with Gasteiger partial charge in [0.2, 0.25) is 17.7 Å². The maximum atomic E-state index is 13.3. The van der Waals surface area contributed by atoms with Crippen molar-refractivity contribution < 1.29 is 37.1 Å². The second kappa shape index (κ2) is 9.29. The number of benzene rings is 1. The summed E-state index contributed by atoms with van der Waals surface area (Å²) in [5.74, 6) is -2.39. The first-order valence-electron chi connectivity index (χ1n) is 11.8. The topological polar surface area (TPSA) is 131 Å². The fourth-order valence-corrected chi connectivity index (χ4v) is 5.47. The van der Waals surface area contributed by atoms with Crippen LogP contribution in [0.1, 0.15) is 32.3 Å². The molecule has 2 heterocycles. The minimum absolute atomic E-state index is 0.0715. The number of carbonyl (C=O) groups is 4. The highest BCUT2D eigenvalue weighted by Gasteiger charge is 2.69. The molecular weight excluding hydrogens is 481 g/mol. The summed E-state index contributed by atoms with van der Waals surface area (Å²) in [7, 11) is 0. The van der Waals surface area contributed by atoms with E-state index in [2.05, 4.69) is 10.6 Å². The third kappa shape index (κ3) is 4.98. The van der Waals surface area contributed by atoms with Crippen molar-refractivity contribution in [1.29, 1.82) is 0 Å². The zero-order valence-electron chi connectivity index (χ0n) is 19.9. The molecule has 9 nitrogen and oxygen atoms in total. The Kier molecular flexibility index (Phi) is 6.65. The number of nitrogens with zero attached hydrogens (tertiary/aromatic N) is 1. The van der Waals surface area contributed by atoms with E-state index in [1.165, 1.54) is 4.90 Å². The van der Waals surface area contributed by atoms with E-state index in [1.54, 1.807) is 0 Å². The van der Waals surface area contributed by atoms with Gasteiger partial charge in [-0.25, -0.2) is 0 Å². The smallest absolute Gasteiger partial charge is 0.416 e. The number of amides is 4.